The van der Waals surface area contributed by atoms with Gasteiger partial charge in [-0.3, -0.25) is 4.79 Å². The van der Waals surface area contributed by atoms with E-state index in [-0.39, 0.29) is 5.56 Å². The van der Waals surface area contributed by atoms with Gasteiger partial charge in [0.2, 0.25) is 0 Å². The van der Waals surface area contributed by atoms with E-state index in [4.69, 9.17) is 5.73 Å². The molecular formula is C9H9N3O. The molecule has 1 aromatic heterocycles. The number of aromatic amines is 1. The molecule has 66 valence electrons. The lowest BCUT2D eigenvalue weighted by atomic mass is 10.2. The summed E-state index contributed by atoms with van der Waals surface area (Å²) in [5.74, 6) is 0. The monoisotopic (exact) mass is 175 g/mol. The highest BCUT2D eigenvalue weighted by Crippen LogP contribution is 2.14. The quantitative estimate of drug-likeness (QED) is 0.582. The van der Waals surface area contributed by atoms with E-state index < -0.39 is 0 Å². The molecule has 0 bridgehead atoms. The second-order valence-electron chi connectivity index (χ2n) is 2.89. The van der Waals surface area contributed by atoms with Crippen LogP contribution < -0.4 is 11.3 Å². The summed E-state index contributed by atoms with van der Waals surface area (Å²) in [6, 6.07) is 5.32. The van der Waals surface area contributed by atoms with Crippen molar-refractivity contribution in [1.29, 1.82) is 0 Å². The molecule has 1 heterocycles. The van der Waals surface area contributed by atoms with Crippen molar-refractivity contribution in [3.63, 3.8) is 0 Å². The minimum atomic E-state index is -0.168. The highest BCUT2D eigenvalue weighted by molar-refractivity contribution is 5.85. The topological polar surface area (TPSA) is 71.8 Å². The number of hydrogen-bond donors (Lipinski definition) is 2. The van der Waals surface area contributed by atoms with Gasteiger partial charge < -0.3 is 10.7 Å². The molecule has 0 aliphatic rings. The molecule has 0 fully saturated rings. The van der Waals surface area contributed by atoms with Crippen LogP contribution in [-0.2, 0) is 0 Å². The maximum atomic E-state index is 11.2. The fourth-order valence-corrected chi connectivity index (χ4v) is 1.22. The van der Waals surface area contributed by atoms with E-state index in [2.05, 4.69) is 9.97 Å². The Balaban J connectivity index is 2.97. The molecule has 0 saturated heterocycles. The van der Waals surface area contributed by atoms with Gasteiger partial charge in [0, 0.05) is 0 Å². The molecule has 0 aliphatic carbocycles. The molecule has 4 nitrogen and oxygen atoms in total. The Hall–Kier alpha value is -1.84. The molecule has 4 heteroatoms. The second-order valence-corrected chi connectivity index (χ2v) is 2.89. The zero-order valence-electron chi connectivity index (χ0n) is 7.16. The molecule has 0 spiro atoms. The maximum absolute atomic E-state index is 11.2. The Morgan fingerprint density at radius 1 is 1.46 bits per heavy atom. The molecule has 0 saturated carbocycles. The number of fused-ring (bicyclic) bond motifs is 1. The van der Waals surface area contributed by atoms with Crippen LogP contribution in [0.1, 0.15) is 5.69 Å². The van der Waals surface area contributed by atoms with Crippen molar-refractivity contribution in [2.45, 2.75) is 6.92 Å². The van der Waals surface area contributed by atoms with Crippen LogP contribution in [-0.4, -0.2) is 9.97 Å². The molecule has 2 rings (SSSR count). The van der Waals surface area contributed by atoms with Crippen LogP contribution in [0.2, 0.25) is 0 Å². The summed E-state index contributed by atoms with van der Waals surface area (Å²) in [6.07, 6.45) is 0. The number of benzene rings is 1. The number of para-hydroxylation sites is 1. The van der Waals surface area contributed by atoms with Gasteiger partial charge in [0.05, 0.1) is 11.2 Å². The van der Waals surface area contributed by atoms with Crippen molar-refractivity contribution in [2.75, 3.05) is 5.73 Å². The first-order chi connectivity index (χ1) is 6.18. The van der Waals surface area contributed by atoms with Gasteiger partial charge in [0.25, 0.3) is 5.56 Å². The Morgan fingerprint density at radius 3 is 3.00 bits per heavy atom. The molecule has 13 heavy (non-hydrogen) atoms. The summed E-state index contributed by atoms with van der Waals surface area (Å²) < 4.78 is 0. The third-order valence-corrected chi connectivity index (χ3v) is 1.92. The molecule has 0 aliphatic heterocycles. The van der Waals surface area contributed by atoms with Gasteiger partial charge in [-0.25, -0.2) is 4.98 Å². The van der Waals surface area contributed by atoms with Gasteiger partial charge in [0.15, 0.2) is 0 Å². The van der Waals surface area contributed by atoms with E-state index >= 15 is 0 Å². The van der Waals surface area contributed by atoms with Crippen molar-refractivity contribution < 1.29 is 0 Å². The fourth-order valence-electron chi connectivity index (χ4n) is 1.22. The van der Waals surface area contributed by atoms with E-state index in [9.17, 15) is 4.79 Å². The first-order valence-electron chi connectivity index (χ1n) is 3.93. The predicted octanol–water partition coefficient (Wildman–Crippen LogP) is 0.814. The number of nitrogens with two attached hydrogens (primary N) is 1. The van der Waals surface area contributed by atoms with Gasteiger partial charge in [-0.1, -0.05) is 6.07 Å². The van der Waals surface area contributed by atoms with Crippen LogP contribution in [0.3, 0.4) is 0 Å². The number of rotatable bonds is 0. The zero-order valence-corrected chi connectivity index (χ0v) is 7.16. The number of H-pyrrole nitrogens is 1. The number of hydrogen-bond acceptors (Lipinski definition) is 3. The zero-order chi connectivity index (χ0) is 9.42. The number of anilines is 1. The first-order valence-corrected chi connectivity index (χ1v) is 3.93. The lowest BCUT2D eigenvalue weighted by Crippen LogP contribution is -2.11. The Kier molecular flexibility index (Phi) is 1.55. The van der Waals surface area contributed by atoms with E-state index in [0.717, 1.165) is 0 Å². The molecule has 2 aromatic rings. The van der Waals surface area contributed by atoms with E-state index in [1.165, 1.54) is 0 Å². The van der Waals surface area contributed by atoms with E-state index in [1.807, 2.05) is 0 Å². The van der Waals surface area contributed by atoms with Crippen LogP contribution in [0.5, 0.6) is 0 Å². The molecule has 1 aromatic carbocycles. The minimum Gasteiger partial charge on any atom is -0.397 e. The summed E-state index contributed by atoms with van der Waals surface area (Å²) in [4.78, 5) is 18.0. The number of nitrogens with one attached hydrogen (secondary N) is 1. The molecule has 0 atom stereocenters. The summed E-state index contributed by atoms with van der Waals surface area (Å²) in [6.45, 7) is 1.66. The minimum absolute atomic E-state index is 0.168. The lowest BCUT2D eigenvalue weighted by molar-refractivity contribution is 1.12. The van der Waals surface area contributed by atoms with Gasteiger partial charge >= 0.3 is 0 Å². The number of aromatic nitrogens is 2. The highest BCUT2D eigenvalue weighted by Gasteiger charge is 2.01. The summed E-state index contributed by atoms with van der Waals surface area (Å²) in [5.41, 5.74) is 7.87. The fraction of sp³-hybridized carbons (Fsp3) is 0.111. The summed E-state index contributed by atoms with van der Waals surface area (Å²) in [7, 11) is 0. The van der Waals surface area contributed by atoms with Crippen LogP contribution in [0.4, 0.5) is 5.69 Å². The van der Waals surface area contributed by atoms with E-state index in [1.54, 1.807) is 25.1 Å². The molecular weight excluding hydrogens is 166 g/mol. The second kappa shape index (κ2) is 2.58. The Bertz CT molecular complexity index is 516. The standard InChI is InChI=1S/C9H9N3O/c1-5-9(13)12-7-4-2-3-6(10)8(7)11-5/h2-4H,10H2,1H3,(H,12,13). The Morgan fingerprint density at radius 2 is 2.23 bits per heavy atom. The van der Waals surface area contributed by atoms with Crippen molar-refractivity contribution in [2.24, 2.45) is 0 Å². The van der Waals surface area contributed by atoms with Crippen LogP contribution in [0.15, 0.2) is 23.0 Å². The number of aryl methyl sites for hydroxylation is 1. The first kappa shape index (κ1) is 7.79. The van der Waals surface area contributed by atoms with Crippen LogP contribution >= 0.6 is 0 Å². The van der Waals surface area contributed by atoms with Gasteiger partial charge in [0.1, 0.15) is 11.2 Å². The largest absolute Gasteiger partial charge is 0.397 e. The molecule has 0 radical (unpaired) electrons. The molecule has 0 amide bonds. The third-order valence-electron chi connectivity index (χ3n) is 1.92. The van der Waals surface area contributed by atoms with Crippen molar-refractivity contribution in [3.8, 4) is 0 Å². The average molecular weight is 175 g/mol. The smallest absolute Gasteiger partial charge is 0.269 e. The predicted molar refractivity (Wildman–Crippen MR) is 51.5 cm³/mol. The average Bonchev–Trinajstić information content (AvgIpc) is 2.09. The van der Waals surface area contributed by atoms with E-state index in [0.29, 0.717) is 22.4 Å². The van der Waals surface area contributed by atoms with Crippen molar-refractivity contribution in [1.82, 2.24) is 9.97 Å². The number of nitrogens with zero attached hydrogens (tertiary/aromatic N) is 1. The summed E-state index contributed by atoms with van der Waals surface area (Å²) >= 11 is 0. The van der Waals surface area contributed by atoms with Gasteiger partial charge in [-0.05, 0) is 19.1 Å². The van der Waals surface area contributed by atoms with Gasteiger partial charge in [-0.2, -0.15) is 0 Å². The van der Waals surface area contributed by atoms with Gasteiger partial charge in [-0.15, -0.1) is 0 Å². The maximum Gasteiger partial charge on any atom is 0.269 e. The molecule has 3 N–H and O–H groups in total. The number of nitrogen functional groups attached to an aromatic ring is 1. The van der Waals surface area contributed by atoms with Crippen molar-refractivity contribution in [3.05, 3.63) is 34.2 Å². The van der Waals surface area contributed by atoms with Crippen LogP contribution in [0, 0.1) is 6.92 Å². The summed E-state index contributed by atoms with van der Waals surface area (Å²) in [5, 5.41) is 0. The normalized spacial score (nSPS) is 10.5. The lowest BCUT2D eigenvalue weighted by Gasteiger charge is -2.00. The molecule has 0 unspecified atom stereocenters. The van der Waals surface area contributed by atoms with Crippen LogP contribution in [0.25, 0.3) is 11.0 Å². The highest BCUT2D eigenvalue weighted by atomic mass is 16.1. The third kappa shape index (κ3) is 1.16. The SMILES string of the molecule is Cc1nc2c(N)cccc2[nH]c1=O. The Labute approximate surface area is 74.4 Å². The van der Waals surface area contributed by atoms with Crippen molar-refractivity contribution >= 4 is 16.7 Å².